The zero-order chi connectivity index (χ0) is 24.0. The van der Waals surface area contributed by atoms with Crippen molar-refractivity contribution in [3.63, 3.8) is 0 Å². The van der Waals surface area contributed by atoms with E-state index in [9.17, 15) is 0 Å². The van der Waals surface area contributed by atoms with Gasteiger partial charge in [0.25, 0.3) is 0 Å². The zero-order valence-corrected chi connectivity index (χ0v) is 20.2. The number of aliphatic hydroxyl groups is 1. The highest BCUT2D eigenvalue weighted by Crippen LogP contribution is 2.35. The number of thiazole rings is 1. The monoisotopic (exact) mass is 507 g/mol. The molecule has 2 aromatic carbocycles. The highest BCUT2D eigenvalue weighted by Gasteiger charge is 2.12. The van der Waals surface area contributed by atoms with Gasteiger partial charge in [-0.25, -0.2) is 9.97 Å². The topological polar surface area (TPSA) is 94.3 Å². The van der Waals surface area contributed by atoms with Gasteiger partial charge in [0.2, 0.25) is 0 Å². The van der Waals surface area contributed by atoms with Gasteiger partial charge in [0.15, 0.2) is 5.82 Å². The van der Waals surface area contributed by atoms with Crippen molar-refractivity contribution in [2.24, 2.45) is 0 Å². The van der Waals surface area contributed by atoms with Gasteiger partial charge in [0.05, 0.1) is 40.7 Å². The SMILES string of the molecule is OCCOCCn1ccc2ncnc(Nc3ccc(Oc4cccc(-c5cncs5)c4)c(Cl)c3)c21. The average Bonchev–Trinajstić information content (AvgIpc) is 3.55. The van der Waals surface area contributed by atoms with Gasteiger partial charge < -0.3 is 24.5 Å². The molecule has 0 saturated heterocycles. The van der Waals surface area contributed by atoms with Crippen molar-refractivity contribution in [1.82, 2.24) is 19.5 Å². The molecular weight excluding hydrogens is 486 g/mol. The van der Waals surface area contributed by atoms with Gasteiger partial charge in [-0.3, -0.25) is 4.98 Å². The lowest BCUT2D eigenvalue weighted by molar-refractivity contribution is 0.0875. The van der Waals surface area contributed by atoms with E-state index in [-0.39, 0.29) is 6.61 Å². The molecule has 0 radical (unpaired) electrons. The van der Waals surface area contributed by atoms with Gasteiger partial charge in [0.1, 0.15) is 23.3 Å². The van der Waals surface area contributed by atoms with Crippen LogP contribution in [0.15, 0.2) is 72.8 Å². The van der Waals surface area contributed by atoms with E-state index in [1.54, 1.807) is 22.9 Å². The largest absolute Gasteiger partial charge is 0.456 e. The van der Waals surface area contributed by atoms with Crippen LogP contribution in [0.5, 0.6) is 11.5 Å². The van der Waals surface area contributed by atoms with E-state index >= 15 is 0 Å². The average molecular weight is 508 g/mol. The summed E-state index contributed by atoms with van der Waals surface area (Å²) in [6.07, 6.45) is 5.30. The van der Waals surface area contributed by atoms with E-state index < -0.39 is 0 Å². The molecule has 0 aliphatic heterocycles. The summed E-state index contributed by atoms with van der Waals surface area (Å²) in [5.74, 6) is 1.90. The maximum absolute atomic E-state index is 8.90. The van der Waals surface area contributed by atoms with Crippen molar-refractivity contribution in [3.05, 3.63) is 77.8 Å². The third kappa shape index (κ3) is 5.44. The number of fused-ring (bicyclic) bond motifs is 1. The Morgan fingerprint density at radius 1 is 1.09 bits per heavy atom. The second-order valence-electron chi connectivity index (χ2n) is 7.57. The van der Waals surface area contributed by atoms with Gasteiger partial charge in [-0.2, -0.15) is 0 Å². The fourth-order valence-corrected chi connectivity index (χ4v) is 4.48. The normalized spacial score (nSPS) is 11.1. The number of hydrogen-bond donors (Lipinski definition) is 2. The lowest BCUT2D eigenvalue weighted by atomic mass is 10.2. The standard InChI is InChI=1S/C25H22ClN5O3S/c26-20-13-18(4-5-22(20)34-19-3-1-2-17(12-19)23-14-27-16-35-23)30-25-24-21(28-15-29-25)6-7-31(24)8-10-33-11-9-32/h1-7,12-16,32H,8-11H2,(H,28,29,30). The smallest absolute Gasteiger partial charge is 0.158 e. The Morgan fingerprint density at radius 2 is 2.03 bits per heavy atom. The van der Waals surface area contributed by atoms with Crippen LogP contribution >= 0.6 is 22.9 Å². The van der Waals surface area contributed by atoms with Crippen molar-refractivity contribution >= 4 is 45.5 Å². The van der Waals surface area contributed by atoms with E-state index in [4.69, 9.17) is 26.2 Å². The van der Waals surface area contributed by atoms with E-state index in [2.05, 4.69) is 20.3 Å². The first-order valence-corrected chi connectivity index (χ1v) is 12.2. The predicted molar refractivity (Wildman–Crippen MR) is 138 cm³/mol. The van der Waals surface area contributed by atoms with Crippen LogP contribution in [-0.4, -0.2) is 44.4 Å². The highest BCUT2D eigenvalue weighted by atomic mass is 35.5. The van der Waals surface area contributed by atoms with Gasteiger partial charge in [0, 0.05) is 24.6 Å². The van der Waals surface area contributed by atoms with Crippen LogP contribution in [0, 0.1) is 0 Å². The molecule has 178 valence electrons. The lowest BCUT2D eigenvalue weighted by Crippen LogP contribution is -2.09. The molecule has 0 unspecified atom stereocenters. The van der Waals surface area contributed by atoms with E-state index in [0.717, 1.165) is 27.2 Å². The highest BCUT2D eigenvalue weighted by molar-refractivity contribution is 7.13. The molecule has 0 aliphatic rings. The van der Waals surface area contributed by atoms with Crippen LogP contribution in [-0.2, 0) is 11.3 Å². The summed E-state index contributed by atoms with van der Waals surface area (Å²) < 4.78 is 13.5. The zero-order valence-electron chi connectivity index (χ0n) is 18.6. The summed E-state index contributed by atoms with van der Waals surface area (Å²) >= 11 is 8.14. The molecule has 5 aromatic rings. The fourth-order valence-electron chi connectivity index (χ4n) is 3.64. The van der Waals surface area contributed by atoms with Gasteiger partial charge >= 0.3 is 0 Å². The number of ether oxygens (including phenoxy) is 2. The number of anilines is 2. The minimum atomic E-state index is 0.000359. The van der Waals surface area contributed by atoms with Crippen LogP contribution in [0.1, 0.15) is 0 Å². The molecule has 0 atom stereocenters. The molecule has 3 aromatic heterocycles. The molecular formula is C25H22ClN5O3S. The number of halogens is 1. The third-order valence-corrected chi connectivity index (χ3v) is 6.35. The second kappa shape index (κ2) is 10.8. The molecule has 10 heteroatoms. The van der Waals surface area contributed by atoms with Crippen LogP contribution < -0.4 is 10.1 Å². The second-order valence-corrected chi connectivity index (χ2v) is 8.86. The Bertz CT molecular complexity index is 1420. The molecule has 2 N–H and O–H groups in total. The minimum absolute atomic E-state index is 0.000359. The van der Waals surface area contributed by atoms with Crippen LogP contribution in [0.25, 0.3) is 21.5 Å². The van der Waals surface area contributed by atoms with Crippen LogP contribution in [0.2, 0.25) is 5.02 Å². The summed E-state index contributed by atoms with van der Waals surface area (Å²) in [7, 11) is 0. The molecule has 0 saturated carbocycles. The molecule has 0 aliphatic carbocycles. The Morgan fingerprint density at radius 3 is 2.86 bits per heavy atom. The van der Waals surface area contributed by atoms with E-state index in [1.807, 2.05) is 59.4 Å². The van der Waals surface area contributed by atoms with Crippen molar-refractivity contribution in [1.29, 1.82) is 0 Å². The molecule has 5 rings (SSSR count). The minimum Gasteiger partial charge on any atom is -0.456 e. The van der Waals surface area contributed by atoms with E-state index in [1.165, 1.54) is 6.33 Å². The Labute approximate surface area is 210 Å². The molecule has 0 amide bonds. The number of aliphatic hydroxyl groups excluding tert-OH is 1. The maximum atomic E-state index is 8.90. The maximum Gasteiger partial charge on any atom is 0.158 e. The molecule has 0 spiro atoms. The number of nitrogens with one attached hydrogen (secondary N) is 1. The lowest BCUT2D eigenvalue weighted by Gasteiger charge is -2.13. The van der Waals surface area contributed by atoms with Crippen molar-refractivity contribution in [2.45, 2.75) is 6.54 Å². The first-order valence-electron chi connectivity index (χ1n) is 10.9. The Kier molecular flexibility index (Phi) is 7.20. The number of rotatable bonds is 10. The van der Waals surface area contributed by atoms with Gasteiger partial charge in [-0.15, -0.1) is 11.3 Å². The number of aromatic nitrogens is 4. The fraction of sp³-hybridized carbons (Fsp3) is 0.160. The first-order chi connectivity index (χ1) is 17.2. The summed E-state index contributed by atoms with van der Waals surface area (Å²) in [6, 6.07) is 15.3. The molecule has 0 bridgehead atoms. The predicted octanol–water partition coefficient (Wildman–Crippen LogP) is 5.75. The number of hydrogen-bond acceptors (Lipinski definition) is 8. The molecule has 8 nitrogen and oxygen atoms in total. The summed E-state index contributed by atoms with van der Waals surface area (Å²) in [6.45, 7) is 1.39. The summed E-state index contributed by atoms with van der Waals surface area (Å²) in [4.78, 5) is 14.0. The molecule has 0 fully saturated rings. The third-order valence-electron chi connectivity index (χ3n) is 5.24. The van der Waals surface area contributed by atoms with Crippen molar-refractivity contribution in [3.8, 4) is 21.9 Å². The van der Waals surface area contributed by atoms with Gasteiger partial charge in [-0.05, 0) is 42.0 Å². The first kappa shape index (κ1) is 23.3. The summed E-state index contributed by atoms with van der Waals surface area (Å²) in [5, 5.41) is 12.7. The molecule has 35 heavy (non-hydrogen) atoms. The summed E-state index contributed by atoms with van der Waals surface area (Å²) in [5.41, 5.74) is 5.29. The van der Waals surface area contributed by atoms with Crippen LogP contribution in [0.4, 0.5) is 11.5 Å². The number of nitrogens with zero attached hydrogens (tertiary/aromatic N) is 4. The Balaban J connectivity index is 1.33. The number of benzene rings is 2. The Hall–Kier alpha value is -3.50. The quantitative estimate of drug-likeness (QED) is 0.232. The van der Waals surface area contributed by atoms with Crippen LogP contribution in [0.3, 0.4) is 0 Å². The van der Waals surface area contributed by atoms with Gasteiger partial charge in [-0.1, -0.05) is 23.7 Å². The van der Waals surface area contributed by atoms with Crippen molar-refractivity contribution < 1.29 is 14.6 Å². The van der Waals surface area contributed by atoms with E-state index in [0.29, 0.717) is 42.1 Å². The molecule has 3 heterocycles. The van der Waals surface area contributed by atoms with Crippen molar-refractivity contribution in [2.75, 3.05) is 25.1 Å².